The first-order valence-corrected chi connectivity index (χ1v) is 15.2. The van der Waals surface area contributed by atoms with Crippen molar-refractivity contribution in [2.45, 2.75) is 51.9 Å². The predicted octanol–water partition coefficient (Wildman–Crippen LogP) is 3.72. The molecule has 0 saturated heterocycles. The third-order valence-electron chi connectivity index (χ3n) is 4.14. The highest BCUT2D eigenvalue weighted by Crippen LogP contribution is 2.16. The van der Waals surface area contributed by atoms with Crippen LogP contribution in [-0.4, -0.2) is 69.7 Å². The minimum absolute atomic E-state index is 0.379. The van der Waals surface area contributed by atoms with Crippen molar-refractivity contribution in [3.05, 3.63) is 25.3 Å². The summed E-state index contributed by atoms with van der Waals surface area (Å²) in [6, 6.07) is 1.64. The van der Waals surface area contributed by atoms with E-state index in [9.17, 15) is 9.59 Å². The van der Waals surface area contributed by atoms with Crippen molar-refractivity contribution in [2.24, 2.45) is 0 Å². The Bertz CT molecular complexity index is 489. The first-order valence-electron chi connectivity index (χ1n) is 10.1. The monoisotopic (exact) mass is 464 g/mol. The van der Waals surface area contributed by atoms with Gasteiger partial charge in [0.2, 0.25) is 0 Å². The fourth-order valence-corrected chi connectivity index (χ4v) is 6.08. The van der Waals surface area contributed by atoms with Gasteiger partial charge in [0.05, 0.1) is 13.2 Å². The van der Waals surface area contributed by atoms with Gasteiger partial charge < -0.3 is 27.2 Å². The van der Waals surface area contributed by atoms with Gasteiger partial charge in [-0.2, -0.15) is 0 Å². The van der Waals surface area contributed by atoms with Gasteiger partial charge in [0, 0.05) is 39.6 Å². The second kappa shape index (κ2) is 18.5. The van der Waals surface area contributed by atoms with Crippen LogP contribution in [0.2, 0.25) is 25.2 Å². The van der Waals surface area contributed by atoms with Crippen molar-refractivity contribution >= 4 is 29.1 Å². The molecule has 0 N–H and O–H groups in total. The number of rotatable bonds is 16. The first-order chi connectivity index (χ1) is 14.2. The fourth-order valence-electron chi connectivity index (χ4n) is 2.33. The van der Waals surface area contributed by atoms with E-state index in [1.807, 2.05) is 26.9 Å². The van der Waals surface area contributed by atoms with Gasteiger partial charge in [0.1, 0.15) is 0 Å². The molecule has 0 aromatic heterocycles. The molecule has 176 valence electrons. The van der Waals surface area contributed by atoms with Crippen molar-refractivity contribution in [3.63, 3.8) is 0 Å². The smallest absolute Gasteiger partial charge is 0.335 e. The molecule has 0 aliphatic heterocycles. The van der Waals surface area contributed by atoms with E-state index in [1.165, 1.54) is 6.08 Å². The Hall–Kier alpha value is -1.31. The molecule has 0 atom stereocenters. The molecule has 0 radical (unpaired) electrons. The highest BCUT2D eigenvalue weighted by molar-refractivity contribution is 6.66. The van der Waals surface area contributed by atoms with Crippen LogP contribution in [0.25, 0.3) is 0 Å². The molecule has 0 unspecified atom stereocenters. The van der Waals surface area contributed by atoms with Gasteiger partial charge in [0.15, 0.2) is 0 Å². The zero-order valence-corrected chi connectivity index (χ0v) is 21.5. The number of hydrogen-bond acceptors (Lipinski definition) is 8. The Kier molecular flexibility index (Phi) is 19.0. The molecule has 8 nitrogen and oxygen atoms in total. The molecule has 10 heteroatoms. The van der Waals surface area contributed by atoms with Crippen LogP contribution in [0.1, 0.15) is 26.7 Å². The maximum Gasteiger partial charge on any atom is 0.335 e. The standard InChI is InChI=1S/C11H22O4Si.C9H18O4Si/c1-5-11(12)13-9-8-10-16(4,14-6-2)15-7-3;1-5-9(10)13-7-6-8-14(4,11-2)12-3/h5H,1,6-10H2,2-4H3;5H,1,6-8H2,2-4H3. The molecular formula is C20H40O8Si2. The molecule has 0 spiro atoms. The number of hydrogen-bond donors (Lipinski definition) is 0. The maximum absolute atomic E-state index is 10.8. The summed E-state index contributed by atoms with van der Waals surface area (Å²) >= 11 is 0. The lowest BCUT2D eigenvalue weighted by molar-refractivity contribution is -0.138. The average molecular weight is 465 g/mol. The van der Waals surface area contributed by atoms with E-state index < -0.39 is 17.1 Å². The lowest BCUT2D eigenvalue weighted by atomic mass is 10.5. The second-order valence-electron chi connectivity index (χ2n) is 6.49. The molecule has 0 fully saturated rings. The first kappa shape index (κ1) is 30.9. The Morgan fingerprint density at radius 3 is 1.43 bits per heavy atom. The van der Waals surface area contributed by atoms with Crippen LogP contribution in [-0.2, 0) is 36.8 Å². The van der Waals surface area contributed by atoms with Crippen molar-refractivity contribution < 1.29 is 36.8 Å². The van der Waals surface area contributed by atoms with Gasteiger partial charge in [-0.05, 0) is 51.9 Å². The third-order valence-corrected chi connectivity index (χ3v) is 10.2. The van der Waals surface area contributed by atoms with E-state index in [0.717, 1.165) is 31.0 Å². The lowest BCUT2D eigenvalue weighted by Gasteiger charge is -2.25. The average Bonchev–Trinajstić information content (AvgIpc) is 2.74. The molecule has 0 aromatic rings. The number of carbonyl (C=O) groups excluding carboxylic acids is 2. The molecule has 0 heterocycles. The molecule has 30 heavy (non-hydrogen) atoms. The van der Waals surface area contributed by atoms with Gasteiger partial charge in [-0.25, -0.2) is 9.59 Å². The Balaban J connectivity index is 0. The summed E-state index contributed by atoms with van der Waals surface area (Å²) in [5.41, 5.74) is 0. The summed E-state index contributed by atoms with van der Waals surface area (Å²) in [6.45, 7) is 16.7. The third kappa shape index (κ3) is 16.5. The summed E-state index contributed by atoms with van der Waals surface area (Å²) in [5.74, 6) is -0.764. The molecule has 0 aliphatic carbocycles. The maximum atomic E-state index is 10.8. The van der Waals surface area contributed by atoms with Gasteiger partial charge in [-0.3, -0.25) is 0 Å². The molecule has 0 amide bonds. The van der Waals surface area contributed by atoms with Crippen LogP contribution in [0.4, 0.5) is 0 Å². The van der Waals surface area contributed by atoms with E-state index in [1.54, 1.807) is 14.2 Å². The zero-order chi connectivity index (χ0) is 23.5. The summed E-state index contributed by atoms with van der Waals surface area (Å²) in [4.78, 5) is 21.5. The SMILES string of the molecule is C=CC(=O)OCCC[Si](C)(OC)OC.C=CC(=O)OCCC[Si](C)(OCC)OCC. The minimum Gasteiger partial charge on any atom is -0.463 e. The summed E-state index contributed by atoms with van der Waals surface area (Å²) in [6.07, 6.45) is 3.84. The van der Waals surface area contributed by atoms with Crippen LogP contribution in [0.15, 0.2) is 25.3 Å². The van der Waals surface area contributed by atoms with E-state index in [0.29, 0.717) is 26.4 Å². The Morgan fingerprint density at radius 1 is 0.767 bits per heavy atom. The summed E-state index contributed by atoms with van der Waals surface area (Å²) < 4.78 is 31.6. The van der Waals surface area contributed by atoms with Crippen LogP contribution in [0, 0.1) is 0 Å². The molecule has 0 rings (SSSR count). The van der Waals surface area contributed by atoms with Crippen LogP contribution in [0.5, 0.6) is 0 Å². The lowest BCUT2D eigenvalue weighted by Crippen LogP contribution is -2.38. The normalized spacial score (nSPS) is 11.1. The summed E-state index contributed by atoms with van der Waals surface area (Å²) in [7, 11) is -0.757. The number of ether oxygens (including phenoxy) is 2. The van der Waals surface area contributed by atoms with Crippen molar-refractivity contribution in [3.8, 4) is 0 Å². The number of carbonyl (C=O) groups is 2. The molecule has 0 aliphatic rings. The molecule has 0 aromatic carbocycles. The topological polar surface area (TPSA) is 89.5 Å². The predicted molar refractivity (Wildman–Crippen MR) is 122 cm³/mol. The number of esters is 2. The molecule has 0 saturated carbocycles. The minimum atomic E-state index is -2.05. The largest absolute Gasteiger partial charge is 0.463 e. The Morgan fingerprint density at radius 2 is 1.13 bits per heavy atom. The second-order valence-corrected chi connectivity index (χ2v) is 13.4. The van der Waals surface area contributed by atoms with Gasteiger partial charge in [-0.15, -0.1) is 0 Å². The van der Waals surface area contributed by atoms with Crippen molar-refractivity contribution in [1.29, 1.82) is 0 Å². The van der Waals surface area contributed by atoms with Gasteiger partial charge in [0.25, 0.3) is 0 Å². The van der Waals surface area contributed by atoms with Crippen LogP contribution < -0.4 is 0 Å². The van der Waals surface area contributed by atoms with Crippen LogP contribution >= 0.6 is 0 Å². The van der Waals surface area contributed by atoms with Crippen molar-refractivity contribution in [2.75, 3.05) is 40.6 Å². The Labute approximate surface area is 184 Å². The van der Waals surface area contributed by atoms with E-state index in [-0.39, 0.29) is 11.9 Å². The van der Waals surface area contributed by atoms with E-state index in [4.69, 9.17) is 27.2 Å². The van der Waals surface area contributed by atoms with Crippen molar-refractivity contribution in [1.82, 2.24) is 0 Å². The quantitative estimate of drug-likeness (QED) is 0.148. The van der Waals surface area contributed by atoms with Gasteiger partial charge >= 0.3 is 29.1 Å². The van der Waals surface area contributed by atoms with E-state index >= 15 is 0 Å². The zero-order valence-electron chi connectivity index (χ0n) is 19.5. The fraction of sp³-hybridized carbons (Fsp3) is 0.700. The molecular weight excluding hydrogens is 424 g/mol. The van der Waals surface area contributed by atoms with Gasteiger partial charge in [-0.1, -0.05) is 13.2 Å². The summed E-state index contributed by atoms with van der Waals surface area (Å²) in [5, 5.41) is 0. The van der Waals surface area contributed by atoms with E-state index in [2.05, 4.69) is 13.2 Å². The highest BCUT2D eigenvalue weighted by Gasteiger charge is 2.30. The van der Waals surface area contributed by atoms with Crippen LogP contribution in [0.3, 0.4) is 0 Å². The highest BCUT2D eigenvalue weighted by atomic mass is 28.4. The molecule has 0 bridgehead atoms.